The third-order valence-electron chi connectivity index (χ3n) is 5.94. The Balaban J connectivity index is 1.50. The molecular formula is C22H20Cl2N2O6. The zero-order valence-corrected chi connectivity index (χ0v) is 18.2. The number of halogens is 2. The lowest BCUT2D eigenvalue weighted by Gasteiger charge is -2.23. The summed E-state index contributed by atoms with van der Waals surface area (Å²) in [4.78, 5) is 34.8. The van der Waals surface area contributed by atoms with Gasteiger partial charge in [-0.1, -0.05) is 29.6 Å². The smallest absolute Gasteiger partial charge is 0.394 e. The van der Waals surface area contributed by atoms with E-state index < -0.39 is 11.9 Å². The summed E-state index contributed by atoms with van der Waals surface area (Å²) in [5.41, 5.74) is 0.152. The summed E-state index contributed by atoms with van der Waals surface area (Å²) in [5.74, 6) is -2.03. The standard InChI is InChI=1S/C22H20Cl2N2O6/c23-15-7-12(25-21(29)22(30)31)8-16(24)19(15)32-13-3-4-18(27)14(9-13)20(28)26-17-6-10-1-2-11(17)5-10/h3-4,7-11,17,27H,1-2,5-6H2,(H,25,29)(H,26,28)(H,30,31). The normalized spacial score (nSPS) is 21.2. The van der Waals surface area contributed by atoms with Gasteiger partial charge in [-0.25, -0.2) is 4.79 Å². The van der Waals surface area contributed by atoms with Gasteiger partial charge in [0.05, 0.1) is 15.6 Å². The van der Waals surface area contributed by atoms with Crippen molar-refractivity contribution in [2.24, 2.45) is 11.8 Å². The van der Waals surface area contributed by atoms with Gasteiger partial charge >= 0.3 is 11.9 Å². The minimum absolute atomic E-state index is 0.0132. The second kappa shape index (κ2) is 8.88. The lowest BCUT2D eigenvalue weighted by atomic mass is 9.95. The second-order valence-electron chi connectivity index (χ2n) is 8.06. The van der Waals surface area contributed by atoms with Crippen molar-refractivity contribution in [3.63, 3.8) is 0 Å². The Kier molecular flexibility index (Phi) is 6.17. The number of carboxylic acid groups (broad SMARTS) is 1. The summed E-state index contributed by atoms with van der Waals surface area (Å²) in [6, 6.07) is 6.87. The van der Waals surface area contributed by atoms with Gasteiger partial charge in [-0.15, -0.1) is 0 Å². The van der Waals surface area contributed by atoms with E-state index >= 15 is 0 Å². The van der Waals surface area contributed by atoms with Crippen LogP contribution >= 0.6 is 23.2 Å². The minimum Gasteiger partial charge on any atom is -0.507 e. The molecule has 2 aromatic rings. The molecule has 32 heavy (non-hydrogen) atoms. The topological polar surface area (TPSA) is 125 Å². The molecule has 4 rings (SSSR count). The number of nitrogens with one attached hydrogen (secondary N) is 2. The molecule has 0 aromatic heterocycles. The van der Waals surface area contributed by atoms with Crippen molar-refractivity contribution >= 4 is 46.7 Å². The molecule has 2 saturated carbocycles. The summed E-state index contributed by atoms with van der Waals surface area (Å²) < 4.78 is 5.73. The van der Waals surface area contributed by atoms with Crippen molar-refractivity contribution in [1.82, 2.24) is 5.32 Å². The SMILES string of the molecule is O=C(O)C(=O)Nc1cc(Cl)c(Oc2ccc(O)c(C(=O)NC3CC4CCC3C4)c2)c(Cl)c1. The maximum atomic E-state index is 12.8. The molecule has 168 valence electrons. The highest BCUT2D eigenvalue weighted by Crippen LogP contribution is 2.45. The van der Waals surface area contributed by atoms with Crippen LogP contribution in [0, 0.1) is 11.8 Å². The summed E-state index contributed by atoms with van der Waals surface area (Å²) in [7, 11) is 0. The van der Waals surface area contributed by atoms with Gasteiger partial charge in [0.1, 0.15) is 11.5 Å². The van der Waals surface area contributed by atoms with Gasteiger partial charge in [-0.2, -0.15) is 0 Å². The molecular weight excluding hydrogens is 459 g/mol. The Hall–Kier alpha value is -2.97. The molecule has 10 heteroatoms. The summed E-state index contributed by atoms with van der Waals surface area (Å²) >= 11 is 12.4. The van der Waals surface area contributed by atoms with Gasteiger partial charge in [-0.05, 0) is 61.4 Å². The quantitative estimate of drug-likeness (QED) is 0.471. The largest absolute Gasteiger partial charge is 0.507 e. The zero-order chi connectivity index (χ0) is 23.0. The average molecular weight is 479 g/mol. The van der Waals surface area contributed by atoms with Gasteiger partial charge in [0.2, 0.25) is 0 Å². The van der Waals surface area contributed by atoms with Gasteiger partial charge in [-0.3, -0.25) is 9.59 Å². The number of fused-ring (bicyclic) bond motifs is 2. The van der Waals surface area contributed by atoms with E-state index in [1.807, 2.05) is 0 Å². The number of amides is 2. The van der Waals surface area contributed by atoms with Gasteiger partial charge in [0.15, 0.2) is 5.75 Å². The van der Waals surface area contributed by atoms with E-state index in [-0.39, 0.29) is 50.5 Å². The maximum Gasteiger partial charge on any atom is 0.394 e. The number of anilines is 1. The molecule has 3 unspecified atom stereocenters. The molecule has 0 aliphatic heterocycles. The lowest BCUT2D eigenvalue weighted by Crippen LogP contribution is -2.38. The first-order valence-corrected chi connectivity index (χ1v) is 10.8. The highest BCUT2D eigenvalue weighted by Gasteiger charge is 2.40. The molecule has 2 aliphatic rings. The number of hydrogen-bond acceptors (Lipinski definition) is 5. The van der Waals surface area contributed by atoms with Gasteiger partial charge in [0.25, 0.3) is 5.91 Å². The van der Waals surface area contributed by atoms with Crippen LogP contribution in [0.1, 0.15) is 36.0 Å². The fourth-order valence-corrected chi connectivity index (χ4v) is 5.02. The first-order valence-electron chi connectivity index (χ1n) is 10.1. The van der Waals surface area contributed by atoms with Crippen LogP contribution in [0.25, 0.3) is 0 Å². The fourth-order valence-electron chi connectivity index (χ4n) is 4.46. The number of ether oxygens (including phenoxy) is 1. The van der Waals surface area contributed by atoms with Gasteiger partial charge in [0, 0.05) is 11.7 Å². The Morgan fingerprint density at radius 1 is 1.03 bits per heavy atom. The number of hydrogen-bond donors (Lipinski definition) is 4. The van der Waals surface area contributed by atoms with Gasteiger partial charge < -0.3 is 25.6 Å². The van der Waals surface area contributed by atoms with Crippen molar-refractivity contribution in [3.8, 4) is 17.2 Å². The molecule has 2 fully saturated rings. The van der Waals surface area contributed by atoms with Crippen molar-refractivity contribution in [3.05, 3.63) is 45.9 Å². The average Bonchev–Trinajstić information content (AvgIpc) is 3.35. The molecule has 2 aromatic carbocycles. The monoisotopic (exact) mass is 478 g/mol. The van der Waals surface area contributed by atoms with E-state index in [9.17, 15) is 19.5 Å². The van der Waals surface area contributed by atoms with E-state index in [0.29, 0.717) is 11.8 Å². The number of aromatic hydroxyl groups is 1. The van der Waals surface area contributed by atoms with Crippen LogP contribution in [-0.2, 0) is 9.59 Å². The Labute approximate surface area is 193 Å². The number of aliphatic carboxylic acids is 1. The molecule has 2 aliphatic carbocycles. The Morgan fingerprint density at radius 2 is 1.75 bits per heavy atom. The summed E-state index contributed by atoms with van der Waals surface area (Å²) in [5, 5.41) is 24.1. The second-order valence-corrected chi connectivity index (χ2v) is 8.88. The first kappa shape index (κ1) is 22.2. The highest BCUT2D eigenvalue weighted by atomic mass is 35.5. The minimum atomic E-state index is -1.65. The number of carboxylic acids is 1. The molecule has 4 N–H and O–H groups in total. The number of carbonyl (C=O) groups excluding carboxylic acids is 2. The number of phenolic OH excluding ortho intramolecular Hbond substituents is 1. The third kappa shape index (κ3) is 4.61. The van der Waals surface area contributed by atoms with E-state index in [2.05, 4.69) is 10.6 Å². The predicted molar refractivity (Wildman–Crippen MR) is 118 cm³/mol. The number of benzene rings is 2. The van der Waals surface area contributed by atoms with Crippen LogP contribution in [0.2, 0.25) is 10.0 Å². The molecule has 0 radical (unpaired) electrons. The maximum absolute atomic E-state index is 12.8. The molecule has 8 nitrogen and oxygen atoms in total. The molecule has 3 atom stereocenters. The van der Waals surface area contributed by atoms with Crippen molar-refractivity contribution < 1.29 is 29.3 Å². The van der Waals surface area contributed by atoms with Crippen LogP contribution < -0.4 is 15.4 Å². The van der Waals surface area contributed by atoms with E-state index in [0.717, 1.165) is 19.3 Å². The Bertz CT molecular complexity index is 1080. The highest BCUT2D eigenvalue weighted by molar-refractivity contribution is 6.39. The lowest BCUT2D eigenvalue weighted by molar-refractivity contribution is -0.147. The van der Waals surface area contributed by atoms with Crippen LogP contribution in [0.4, 0.5) is 5.69 Å². The molecule has 0 spiro atoms. The Morgan fingerprint density at radius 3 is 2.34 bits per heavy atom. The zero-order valence-electron chi connectivity index (χ0n) is 16.7. The first-order chi connectivity index (χ1) is 15.2. The number of rotatable bonds is 5. The van der Waals surface area contributed by atoms with Crippen molar-refractivity contribution in [1.29, 1.82) is 0 Å². The fraction of sp³-hybridized carbons (Fsp3) is 0.318. The van der Waals surface area contributed by atoms with Crippen LogP contribution in [-0.4, -0.2) is 34.0 Å². The molecule has 0 saturated heterocycles. The van der Waals surface area contributed by atoms with E-state index in [4.69, 9.17) is 33.0 Å². The number of phenols is 1. The predicted octanol–water partition coefficient (Wildman–Crippen LogP) is 4.43. The van der Waals surface area contributed by atoms with Crippen LogP contribution in [0.3, 0.4) is 0 Å². The van der Waals surface area contributed by atoms with Crippen LogP contribution in [0.5, 0.6) is 17.2 Å². The van der Waals surface area contributed by atoms with E-state index in [1.165, 1.54) is 36.8 Å². The molecule has 0 heterocycles. The molecule has 2 bridgehead atoms. The third-order valence-corrected chi connectivity index (χ3v) is 6.50. The van der Waals surface area contributed by atoms with Crippen LogP contribution in [0.15, 0.2) is 30.3 Å². The van der Waals surface area contributed by atoms with Crippen molar-refractivity contribution in [2.75, 3.05) is 5.32 Å². The summed E-state index contributed by atoms with van der Waals surface area (Å²) in [6.07, 6.45) is 4.43. The van der Waals surface area contributed by atoms with E-state index in [1.54, 1.807) is 0 Å². The molecule has 2 amide bonds. The summed E-state index contributed by atoms with van der Waals surface area (Å²) in [6.45, 7) is 0. The number of carbonyl (C=O) groups is 3. The van der Waals surface area contributed by atoms with Crippen molar-refractivity contribution in [2.45, 2.75) is 31.7 Å².